The van der Waals surface area contributed by atoms with Crippen molar-refractivity contribution in [3.05, 3.63) is 39.5 Å². The minimum absolute atomic E-state index is 0. The van der Waals surface area contributed by atoms with Crippen LogP contribution in [0.2, 0.25) is 0 Å². The summed E-state index contributed by atoms with van der Waals surface area (Å²) in [6.45, 7) is 11.4. The van der Waals surface area contributed by atoms with Gasteiger partial charge in [-0.25, -0.2) is 0 Å². The summed E-state index contributed by atoms with van der Waals surface area (Å²) in [7, 11) is 1.24. The first kappa shape index (κ1) is 14.0. The summed E-state index contributed by atoms with van der Waals surface area (Å²) in [4.78, 5) is 0. The number of benzene rings is 1. The summed E-state index contributed by atoms with van der Waals surface area (Å²) in [5, 5.41) is 0. The number of fused-ring (bicyclic) bond motifs is 1. The third-order valence-corrected chi connectivity index (χ3v) is 5.58. The fourth-order valence-electron chi connectivity index (χ4n) is 2.89. The van der Waals surface area contributed by atoms with Crippen LogP contribution in [0, 0.1) is 20.8 Å². The molecule has 0 saturated carbocycles. The predicted octanol–water partition coefficient (Wildman–Crippen LogP) is 2.82. The van der Waals surface area contributed by atoms with Crippen molar-refractivity contribution in [2.24, 2.45) is 0 Å². The zero-order chi connectivity index (χ0) is 11.3. The SMILES string of the molecule is CC1=C(C)C([SiH3])c2c(C)c(C)cc(C)c21.[Ti]. The molecule has 0 aliphatic heterocycles. The zero-order valence-electron chi connectivity index (χ0n) is 11.2. The van der Waals surface area contributed by atoms with Gasteiger partial charge < -0.3 is 0 Å². The number of allylic oxidation sites excluding steroid dienone is 2. The molecule has 16 heavy (non-hydrogen) atoms. The molecule has 0 nitrogen and oxygen atoms in total. The molecule has 0 aromatic heterocycles. The Morgan fingerprint density at radius 3 is 2.12 bits per heavy atom. The van der Waals surface area contributed by atoms with E-state index in [-0.39, 0.29) is 21.7 Å². The molecule has 0 saturated heterocycles. The van der Waals surface area contributed by atoms with Crippen molar-refractivity contribution in [3.63, 3.8) is 0 Å². The van der Waals surface area contributed by atoms with Gasteiger partial charge in [0.15, 0.2) is 0 Å². The fraction of sp³-hybridized carbons (Fsp3) is 0.429. The van der Waals surface area contributed by atoms with Crippen LogP contribution >= 0.6 is 0 Å². The molecule has 1 aromatic rings. The molecule has 1 atom stereocenters. The third-order valence-electron chi connectivity index (χ3n) is 4.14. The van der Waals surface area contributed by atoms with E-state index < -0.39 is 0 Å². The van der Waals surface area contributed by atoms with E-state index in [9.17, 15) is 0 Å². The average Bonchev–Trinajstić information content (AvgIpc) is 2.40. The molecule has 1 aliphatic carbocycles. The first-order chi connectivity index (χ1) is 6.95. The van der Waals surface area contributed by atoms with Gasteiger partial charge >= 0.3 is 0 Å². The number of rotatable bonds is 0. The van der Waals surface area contributed by atoms with Crippen LogP contribution in [0.5, 0.6) is 0 Å². The van der Waals surface area contributed by atoms with Crippen LogP contribution in [-0.2, 0) is 21.7 Å². The van der Waals surface area contributed by atoms with E-state index in [1.807, 2.05) is 0 Å². The van der Waals surface area contributed by atoms with Crippen LogP contribution in [0.3, 0.4) is 0 Å². The monoisotopic (exact) mass is 264 g/mol. The van der Waals surface area contributed by atoms with Gasteiger partial charge in [0.05, 0.1) is 0 Å². The van der Waals surface area contributed by atoms with E-state index >= 15 is 0 Å². The van der Waals surface area contributed by atoms with Gasteiger partial charge in [-0.05, 0) is 73.6 Å². The van der Waals surface area contributed by atoms with Crippen LogP contribution in [0.25, 0.3) is 5.57 Å². The van der Waals surface area contributed by atoms with Crippen LogP contribution < -0.4 is 0 Å². The molecule has 0 amide bonds. The van der Waals surface area contributed by atoms with Crippen molar-refractivity contribution in [2.75, 3.05) is 0 Å². The Morgan fingerprint density at radius 1 is 1.00 bits per heavy atom. The molecule has 0 heterocycles. The van der Waals surface area contributed by atoms with E-state index in [1.165, 1.54) is 32.5 Å². The Balaban J connectivity index is 0.00000128. The molecule has 0 bridgehead atoms. The van der Waals surface area contributed by atoms with Gasteiger partial charge in [0.2, 0.25) is 0 Å². The predicted molar refractivity (Wildman–Crippen MR) is 71.6 cm³/mol. The number of aryl methyl sites for hydroxylation is 2. The van der Waals surface area contributed by atoms with Crippen molar-refractivity contribution in [3.8, 4) is 0 Å². The van der Waals surface area contributed by atoms with Gasteiger partial charge in [0.1, 0.15) is 0 Å². The zero-order valence-corrected chi connectivity index (χ0v) is 14.7. The molecule has 0 fully saturated rings. The summed E-state index contributed by atoms with van der Waals surface area (Å²) in [5.41, 5.74) is 11.5. The van der Waals surface area contributed by atoms with Crippen molar-refractivity contribution < 1.29 is 21.7 Å². The van der Waals surface area contributed by atoms with Crippen LogP contribution in [0.4, 0.5) is 0 Å². The normalized spacial score (nSPS) is 18.7. The van der Waals surface area contributed by atoms with Gasteiger partial charge in [-0.1, -0.05) is 11.6 Å². The van der Waals surface area contributed by atoms with Crippen LogP contribution in [0.1, 0.15) is 47.2 Å². The van der Waals surface area contributed by atoms with Crippen LogP contribution in [-0.4, -0.2) is 10.2 Å². The maximum Gasteiger partial charge on any atom is 0.0175 e. The second-order valence-corrected chi connectivity index (χ2v) is 6.11. The standard InChI is InChI=1S/C14H20Si.Ti/c1-7-6-8(2)12-10(4)11(5)14(15)13(12)9(7)3;/h6,14H,1-5,15H3;. The van der Waals surface area contributed by atoms with E-state index in [2.05, 4.69) is 40.7 Å². The molecule has 0 N–H and O–H groups in total. The number of hydrogen-bond acceptors (Lipinski definition) is 0. The Labute approximate surface area is 117 Å². The van der Waals surface area contributed by atoms with Gasteiger partial charge in [-0.3, -0.25) is 0 Å². The van der Waals surface area contributed by atoms with Crippen LogP contribution in [0.15, 0.2) is 11.6 Å². The van der Waals surface area contributed by atoms with Crippen molar-refractivity contribution >= 4 is 15.8 Å². The Morgan fingerprint density at radius 2 is 1.56 bits per heavy atom. The summed E-state index contributed by atoms with van der Waals surface area (Å²) in [6, 6.07) is 2.34. The van der Waals surface area contributed by atoms with Crippen molar-refractivity contribution in [1.82, 2.24) is 0 Å². The molecule has 1 aliphatic rings. The Hall–Kier alpha value is -0.109. The molecule has 1 unspecified atom stereocenters. The molecule has 84 valence electrons. The maximum absolute atomic E-state index is 2.34. The first-order valence-corrected chi connectivity index (χ1v) is 6.89. The molecule has 2 heteroatoms. The molecule has 2 rings (SSSR count). The summed E-state index contributed by atoms with van der Waals surface area (Å²) in [5.74, 6) is 0. The fourth-order valence-corrected chi connectivity index (χ4v) is 4.05. The van der Waals surface area contributed by atoms with Crippen molar-refractivity contribution in [2.45, 2.75) is 40.2 Å². The largest absolute Gasteiger partial charge is 0.0660 e. The minimum Gasteiger partial charge on any atom is -0.0660 e. The van der Waals surface area contributed by atoms with Gasteiger partial charge in [-0.2, -0.15) is 0 Å². The summed E-state index contributed by atoms with van der Waals surface area (Å²) >= 11 is 0. The molecule has 0 spiro atoms. The van der Waals surface area contributed by atoms with E-state index in [0.29, 0.717) is 0 Å². The van der Waals surface area contributed by atoms with Gasteiger partial charge in [0.25, 0.3) is 0 Å². The van der Waals surface area contributed by atoms with Crippen molar-refractivity contribution in [1.29, 1.82) is 0 Å². The molecule has 1 aromatic carbocycles. The summed E-state index contributed by atoms with van der Waals surface area (Å²) < 4.78 is 0. The van der Waals surface area contributed by atoms with Gasteiger partial charge in [-0.15, -0.1) is 0 Å². The topological polar surface area (TPSA) is 0 Å². The van der Waals surface area contributed by atoms with E-state index in [0.717, 1.165) is 5.54 Å². The molecular weight excluding hydrogens is 244 g/mol. The quantitative estimate of drug-likeness (QED) is 0.632. The van der Waals surface area contributed by atoms with E-state index in [1.54, 1.807) is 16.7 Å². The Kier molecular flexibility index (Phi) is 4.04. The summed E-state index contributed by atoms with van der Waals surface area (Å²) in [6.07, 6.45) is 0. The smallest absolute Gasteiger partial charge is 0.0175 e. The first-order valence-electron chi connectivity index (χ1n) is 5.73. The minimum atomic E-state index is 0. The molecular formula is C14H20SiTi. The van der Waals surface area contributed by atoms with E-state index in [4.69, 9.17) is 0 Å². The Bertz CT molecular complexity index is 472. The van der Waals surface area contributed by atoms with Gasteiger partial charge in [0, 0.05) is 32.0 Å². The maximum atomic E-state index is 2.34. The number of hydrogen-bond donors (Lipinski definition) is 0. The average molecular weight is 264 g/mol. The third kappa shape index (κ3) is 1.79. The second kappa shape index (κ2) is 4.64. The molecule has 0 radical (unpaired) electrons. The second-order valence-electron chi connectivity index (χ2n) is 4.95.